The summed E-state index contributed by atoms with van der Waals surface area (Å²) in [6, 6.07) is 18.9. The van der Waals surface area contributed by atoms with Crippen LogP contribution in [-0.2, 0) is 0 Å². The van der Waals surface area contributed by atoms with E-state index < -0.39 is 11.7 Å². The number of ether oxygens (including phenoxy) is 5. The van der Waals surface area contributed by atoms with Gasteiger partial charge in [-0.05, 0) is 53.2 Å². The number of carbonyl (C=O) groups excluding carboxylic acids is 1. The van der Waals surface area contributed by atoms with Crippen molar-refractivity contribution < 1.29 is 32.9 Å². The fourth-order valence-electron chi connectivity index (χ4n) is 4.52. The molecular formula is C30H23FN2O6. The van der Waals surface area contributed by atoms with E-state index in [1.165, 1.54) is 6.07 Å². The number of pyridine rings is 1. The monoisotopic (exact) mass is 526 g/mol. The highest BCUT2D eigenvalue weighted by atomic mass is 19.1. The standard InChI is InChI=1S/C30H23FN2O6/c1-35-26-15-22-24(16-27(26)36-2)32-8-7-25(22)39-21-6-4-17-11-20(5-3-18(17)12-21)33-30(34)23-13-19(31)14-28-29(23)38-10-9-37-28/h3-8,11-16H,9-10H2,1-2H3,(H,33,34). The number of nitrogens with one attached hydrogen (secondary N) is 1. The smallest absolute Gasteiger partial charge is 0.259 e. The van der Waals surface area contributed by atoms with E-state index >= 15 is 0 Å². The summed E-state index contributed by atoms with van der Waals surface area (Å²) in [5.74, 6) is 1.80. The summed E-state index contributed by atoms with van der Waals surface area (Å²) in [7, 11) is 3.16. The van der Waals surface area contributed by atoms with E-state index in [0.717, 1.165) is 22.2 Å². The lowest BCUT2D eigenvalue weighted by molar-refractivity contribution is 0.101. The Bertz CT molecular complexity index is 1740. The Morgan fingerprint density at radius 3 is 2.49 bits per heavy atom. The maximum atomic E-state index is 14.1. The van der Waals surface area contributed by atoms with Gasteiger partial charge in [-0.15, -0.1) is 0 Å². The number of aromatic nitrogens is 1. The molecule has 9 heteroatoms. The van der Waals surface area contributed by atoms with Gasteiger partial charge in [0.05, 0.1) is 25.3 Å². The number of carbonyl (C=O) groups is 1. The highest BCUT2D eigenvalue weighted by Gasteiger charge is 2.23. The van der Waals surface area contributed by atoms with Crippen molar-refractivity contribution in [2.45, 2.75) is 0 Å². The minimum absolute atomic E-state index is 0.0763. The third-order valence-corrected chi connectivity index (χ3v) is 6.36. The molecule has 0 atom stereocenters. The van der Waals surface area contributed by atoms with Crippen LogP contribution in [0.2, 0.25) is 0 Å². The first kappa shape index (κ1) is 24.3. The molecule has 0 saturated carbocycles. The maximum Gasteiger partial charge on any atom is 0.259 e. The van der Waals surface area contributed by atoms with Crippen molar-refractivity contribution in [1.29, 1.82) is 0 Å². The number of hydrogen-bond donors (Lipinski definition) is 1. The summed E-state index contributed by atoms with van der Waals surface area (Å²) in [6.45, 7) is 0.588. The Balaban J connectivity index is 1.25. The minimum atomic E-state index is -0.574. The van der Waals surface area contributed by atoms with Crippen LogP contribution in [-0.4, -0.2) is 38.3 Å². The Morgan fingerprint density at radius 1 is 0.872 bits per heavy atom. The van der Waals surface area contributed by atoms with E-state index in [9.17, 15) is 9.18 Å². The summed E-state index contributed by atoms with van der Waals surface area (Å²) in [6.07, 6.45) is 1.67. The van der Waals surface area contributed by atoms with Gasteiger partial charge in [0.15, 0.2) is 23.0 Å². The summed E-state index contributed by atoms with van der Waals surface area (Å²) in [4.78, 5) is 17.4. The molecule has 2 heterocycles. The molecule has 1 aliphatic rings. The van der Waals surface area contributed by atoms with Crippen LogP contribution in [0.1, 0.15) is 10.4 Å². The average molecular weight is 527 g/mol. The van der Waals surface area contributed by atoms with Crippen molar-refractivity contribution in [3.63, 3.8) is 0 Å². The van der Waals surface area contributed by atoms with Crippen molar-refractivity contribution in [2.24, 2.45) is 0 Å². The van der Waals surface area contributed by atoms with Gasteiger partial charge >= 0.3 is 0 Å². The molecule has 1 N–H and O–H groups in total. The number of hydrogen-bond acceptors (Lipinski definition) is 7. The third-order valence-electron chi connectivity index (χ3n) is 6.36. The predicted molar refractivity (Wildman–Crippen MR) is 144 cm³/mol. The molecule has 0 radical (unpaired) electrons. The molecule has 1 aliphatic heterocycles. The topological polar surface area (TPSA) is 88.1 Å². The molecule has 0 fully saturated rings. The molecule has 0 bridgehead atoms. The normalized spacial score (nSPS) is 12.3. The number of halogens is 1. The Morgan fingerprint density at radius 2 is 1.64 bits per heavy atom. The van der Waals surface area contributed by atoms with Crippen molar-refractivity contribution in [3.8, 4) is 34.5 Å². The summed E-state index contributed by atoms with van der Waals surface area (Å²) < 4.78 is 42.1. The highest BCUT2D eigenvalue weighted by molar-refractivity contribution is 6.07. The van der Waals surface area contributed by atoms with Gasteiger partial charge in [0, 0.05) is 29.4 Å². The zero-order valence-electron chi connectivity index (χ0n) is 21.1. The van der Waals surface area contributed by atoms with E-state index in [4.69, 9.17) is 23.7 Å². The quantitative estimate of drug-likeness (QED) is 0.275. The van der Waals surface area contributed by atoms with Crippen molar-refractivity contribution >= 4 is 33.3 Å². The van der Waals surface area contributed by atoms with Crippen molar-refractivity contribution in [2.75, 3.05) is 32.8 Å². The van der Waals surface area contributed by atoms with E-state index in [0.29, 0.717) is 40.8 Å². The molecule has 1 amide bonds. The number of nitrogens with zero attached hydrogens (tertiary/aromatic N) is 1. The first-order chi connectivity index (χ1) is 19.0. The van der Waals surface area contributed by atoms with Gasteiger partial charge in [0.2, 0.25) is 0 Å². The van der Waals surface area contributed by atoms with Crippen LogP contribution < -0.4 is 29.0 Å². The molecule has 196 valence electrons. The fraction of sp³-hybridized carbons (Fsp3) is 0.133. The molecule has 39 heavy (non-hydrogen) atoms. The first-order valence-corrected chi connectivity index (χ1v) is 12.2. The number of rotatable bonds is 6. The second kappa shape index (κ2) is 10.0. The molecule has 0 saturated heterocycles. The third kappa shape index (κ3) is 4.70. The van der Waals surface area contributed by atoms with Gasteiger partial charge in [0.1, 0.15) is 30.5 Å². The first-order valence-electron chi connectivity index (χ1n) is 12.2. The van der Waals surface area contributed by atoms with Gasteiger partial charge in [-0.2, -0.15) is 0 Å². The molecule has 6 rings (SSSR count). The van der Waals surface area contributed by atoms with Crippen molar-refractivity contribution in [3.05, 3.63) is 84.3 Å². The molecule has 5 aromatic rings. The van der Waals surface area contributed by atoms with Crippen LogP contribution in [0, 0.1) is 5.82 Å². The van der Waals surface area contributed by atoms with Gasteiger partial charge in [-0.25, -0.2) is 4.39 Å². The maximum absolute atomic E-state index is 14.1. The van der Waals surface area contributed by atoms with Gasteiger partial charge in [-0.3, -0.25) is 9.78 Å². The molecule has 1 aromatic heterocycles. The molecule has 0 aliphatic carbocycles. The predicted octanol–water partition coefficient (Wildman–Crippen LogP) is 6.36. The molecule has 0 unspecified atom stereocenters. The number of amides is 1. The van der Waals surface area contributed by atoms with Gasteiger partial charge in [-0.1, -0.05) is 12.1 Å². The molecular weight excluding hydrogens is 503 g/mol. The van der Waals surface area contributed by atoms with Crippen LogP contribution in [0.5, 0.6) is 34.5 Å². The van der Waals surface area contributed by atoms with Crippen LogP contribution in [0.25, 0.3) is 21.7 Å². The van der Waals surface area contributed by atoms with Crippen LogP contribution in [0.3, 0.4) is 0 Å². The van der Waals surface area contributed by atoms with Crippen LogP contribution >= 0.6 is 0 Å². The lowest BCUT2D eigenvalue weighted by atomic mass is 10.1. The highest BCUT2D eigenvalue weighted by Crippen LogP contribution is 2.38. The Hall–Kier alpha value is -5.05. The fourth-order valence-corrected chi connectivity index (χ4v) is 4.52. The van der Waals surface area contributed by atoms with E-state index in [-0.39, 0.29) is 23.7 Å². The zero-order valence-corrected chi connectivity index (χ0v) is 21.1. The van der Waals surface area contributed by atoms with Crippen LogP contribution in [0.15, 0.2) is 72.9 Å². The lowest BCUT2D eigenvalue weighted by Crippen LogP contribution is -2.20. The SMILES string of the molecule is COc1cc2nccc(Oc3ccc4cc(NC(=O)c5cc(F)cc6c5OCCO6)ccc4c3)c2cc1OC. The van der Waals surface area contributed by atoms with Crippen LogP contribution in [0.4, 0.5) is 10.1 Å². The number of benzene rings is 4. The average Bonchev–Trinajstić information content (AvgIpc) is 2.96. The molecule has 0 spiro atoms. The minimum Gasteiger partial charge on any atom is -0.493 e. The summed E-state index contributed by atoms with van der Waals surface area (Å²) >= 11 is 0. The van der Waals surface area contributed by atoms with E-state index in [1.54, 1.807) is 38.6 Å². The number of anilines is 1. The van der Waals surface area contributed by atoms with E-state index in [2.05, 4.69) is 10.3 Å². The second-order valence-electron chi connectivity index (χ2n) is 8.79. The summed E-state index contributed by atoms with van der Waals surface area (Å²) in [5.41, 5.74) is 1.34. The van der Waals surface area contributed by atoms with Gasteiger partial charge < -0.3 is 29.0 Å². The van der Waals surface area contributed by atoms with Crippen molar-refractivity contribution in [1.82, 2.24) is 4.98 Å². The van der Waals surface area contributed by atoms with E-state index in [1.807, 2.05) is 36.4 Å². The zero-order chi connectivity index (χ0) is 26.9. The second-order valence-corrected chi connectivity index (χ2v) is 8.79. The number of methoxy groups -OCH3 is 2. The Kier molecular flexibility index (Phi) is 6.24. The number of fused-ring (bicyclic) bond motifs is 3. The largest absolute Gasteiger partial charge is 0.493 e. The molecule has 8 nitrogen and oxygen atoms in total. The molecule has 4 aromatic carbocycles. The Labute approximate surface area is 222 Å². The van der Waals surface area contributed by atoms with Gasteiger partial charge in [0.25, 0.3) is 5.91 Å². The summed E-state index contributed by atoms with van der Waals surface area (Å²) in [5, 5.41) is 5.39. The lowest BCUT2D eigenvalue weighted by Gasteiger charge is -2.21.